The third-order valence-electron chi connectivity index (χ3n) is 4.86. The van der Waals surface area contributed by atoms with E-state index in [1.807, 2.05) is 32.0 Å². The summed E-state index contributed by atoms with van der Waals surface area (Å²) in [6.07, 6.45) is 1.33. The molecule has 0 atom stereocenters. The zero-order chi connectivity index (χ0) is 21.3. The number of aryl methyl sites for hydroxylation is 2. The van der Waals surface area contributed by atoms with E-state index >= 15 is 0 Å². The van der Waals surface area contributed by atoms with E-state index in [2.05, 4.69) is 20.6 Å². The first-order chi connectivity index (χ1) is 14.5. The van der Waals surface area contributed by atoms with E-state index in [4.69, 9.17) is 4.74 Å². The number of amides is 1. The van der Waals surface area contributed by atoms with Crippen molar-refractivity contribution in [1.82, 2.24) is 24.5 Å². The van der Waals surface area contributed by atoms with Crippen LogP contribution in [-0.2, 0) is 11.3 Å². The van der Waals surface area contributed by atoms with Crippen molar-refractivity contribution in [2.24, 2.45) is 0 Å². The van der Waals surface area contributed by atoms with Crippen LogP contribution in [0.25, 0.3) is 16.9 Å². The minimum atomic E-state index is -0.440. The molecule has 2 aromatic carbocycles. The van der Waals surface area contributed by atoms with Gasteiger partial charge in [-0.15, -0.1) is 5.10 Å². The monoisotopic (exact) mass is 404 g/mol. The van der Waals surface area contributed by atoms with Crippen LogP contribution in [0.15, 0.2) is 53.6 Å². The summed E-state index contributed by atoms with van der Waals surface area (Å²) in [7, 11) is 1.52. The van der Waals surface area contributed by atoms with Crippen LogP contribution in [-0.4, -0.2) is 37.6 Å². The molecule has 0 fully saturated rings. The molecular weight excluding hydrogens is 384 g/mol. The van der Waals surface area contributed by atoms with Gasteiger partial charge < -0.3 is 10.1 Å². The maximum atomic E-state index is 12.8. The van der Waals surface area contributed by atoms with Gasteiger partial charge in [0.05, 0.1) is 18.5 Å². The van der Waals surface area contributed by atoms with Crippen LogP contribution in [0.4, 0.5) is 5.69 Å². The number of nitrogens with one attached hydrogen (secondary N) is 1. The lowest BCUT2D eigenvalue weighted by Crippen LogP contribution is -2.28. The average molecular weight is 404 g/mol. The molecule has 2 heterocycles. The molecule has 4 aromatic rings. The molecule has 0 saturated heterocycles. The van der Waals surface area contributed by atoms with E-state index in [-0.39, 0.29) is 18.0 Å². The second-order valence-electron chi connectivity index (χ2n) is 6.87. The molecule has 152 valence electrons. The van der Waals surface area contributed by atoms with E-state index in [1.54, 1.807) is 24.3 Å². The lowest BCUT2D eigenvalue weighted by atomic mass is 10.1. The largest absolute Gasteiger partial charge is 0.495 e. The number of nitrogens with zero attached hydrogens (tertiary/aromatic N) is 5. The quantitative estimate of drug-likeness (QED) is 0.547. The fourth-order valence-corrected chi connectivity index (χ4v) is 3.08. The van der Waals surface area contributed by atoms with Crippen molar-refractivity contribution in [2.45, 2.75) is 20.4 Å². The van der Waals surface area contributed by atoms with Gasteiger partial charge in [-0.3, -0.25) is 14.2 Å². The number of benzene rings is 2. The Morgan fingerprint density at radius 2 is 1.93 bits per heavy atom. The van der Waals surface area contributed by atoms with Crippen LogP contribution in [0.1, 0.15) is 11.1 Å². The van der Waals surface area contributed by atoms with Crippen molar-refractivity contribution in [3.8, 4) is 11.4 Å². The molecule has 1 amide bonds. The van der Waals surface area contributed by atoms with Crippen molar-refractivity contribution in [1.29, 1.82) is 0 Å². The third kappa shape index (κ3) is 3.52. The number of ether oxygens (including phenoxy) is 1. The number of methoxy groups -OCH3 is 1. The Balaban J connectivity index is 1.62. The van der Waals surface area contributed by atoms with Gasteiger partial charge in [0.15, 0.2) is 11.2 Å². The molecule has 2 aromatic heterocycles. The fraction of sp³-hybridized carbons (Fsp3) is 0.190. The van der Waals surface area contributed by atoms with Gasteiger partial charge in [-0.2, -0.15) is 4.68 Å². The summed E-state index contributed by atoms with van der Waals surface area (Å²) < 4.78 is 7.94. The van der Waals surface area contributed by atoms with Crippen molar-refractivity contribution >= 4 is 22.8 Å². The SMILES string of the molecule is COc1ccccc1NC(=O)Cn1cnc2c(nnn2-c2ccc(C)c(C)c2)c1=O. The molecule has 0 bridgehead atoms. The normalized spacial score (nSPS) is 10.9. The van der Waals surface area contributed by atoms with Gasteiger partial charge in [0.2, 0.25) is 5.91 Å². The second kappa shape index (κ2) is 7.78. The highest BCUT2D eigenvalue weighted by atomic mass is 16.5. The van der Waals surface area contributed by atoms with Gasteiger partial charge in [-0.25, -0.2) is 4.98 Å². The van der Waals surface area contributed by atoms with E-state index in [9.17, 15) is 9.59 Å². The van der Waals surface area contributed by atoms with E-state index in [0.29, 0.717) is 17.1 Å². The average Bonchev–Trinajstić information content (AvgIpc) is 3.17. The van der Waals surface area contributed by atoms with Crippen LogP contribution in [0.5, 0.6) is 5.75 Å². The predicted molar refractivity (Wildman–Crippen MR) is 112 cm³/mol. The Labute approximate surface area is 171 Å². The summed E-state index contributed by atoms with van der Waals surface area (Å²) >= 11 is 0. The van der Waals surface area contributed by atoms with Crippen LogP contribution in [0.3, 0.4) is 0 Å². The highest BCUT2D eigenvalue weighted by molar-refractivity contribution is 5.92. The number of rotatable bonds is 5. The molecule has 0 aliphatic rings. The topological polar surface area (TPSA) is 104 Å². The predicted octanol–water partition coefficient (Wildman–Crippen LogP) is 2.24. The molecule has 0 radical (unpaired) electrons. The Morgan fingerprint density at radius 3 is 2.70 bits per heavy atom. The lowest BCUT2D eigenvalue weighted by Gasteiger charge is -2.10. The van der Waals surface area contributed by atoms with Gasteiger partial charge in [-0.1, -0.05) is 23.4 Å². The molecule has 0 spiro atoms. The Bertz CT molecular complexity index is 1310. The Kier molecular flexibility index (Phi) is 5.01. The smallest absolute Gasteiger partial charge is 0.284 e. The minimum absolute atomic E-state index is 0.0980. The first kappa shape index (κ1) is 19.3. The maximum Gasteiger partial charge on any atom is 0.284 e. The van der Waals surface area contributed by atoms with Crippen molar-refractivity contribution in [2.75, 3.05) is 12.4 Å². The minimum Gasteiger partial charge on any atom is -0.495 e. The molecule has 9 heteroatoms. The molecular formula is C21H20N6O3. The number of anilines is 1. The summed E-state index contributed by atoms with van der Waals surface area (Å²) in [4.78, 5) is 29.6. The lowest BCUT2D eigenvalue weighted by molar-refractivity contribution is -0.116. The van der Waals surface area contributed by atoms with Gasteiger partial charge in [0.1, 0.15) is 18.6 Å². The van der Waals surface area contributed by atoms with E-state index in [0.717, 1.165) is 16.8 Å². The molecule has 4 rings (SSSR count). The van der Waals surface area contributed by atoms with Crippen LogP contribution >= 0.6 is 0 Å². The number of fused-ring (bicyclic) bond motifs is 1. The number of aromatic nitrogens is 5. The van der Waals surface area contributed by atoms with Crippen LogP contribution in [0.2, 0.25) is 0 Å². The van der Waals surface area contributed by atoms with Gasteiger partial charge >= 0.3 is 0 Å². The Morgan fingerprint density at radius 1 is 1.13 bits per heavy atom. The van der Waals surface area contributed by atoms with Crippen molar-refractivity contribution in [3.05, 3.63) is 70.3 Å². The Hall–Kier alpha value is -4.01. The summed E-state index contributed by atoms with van der Waals surface area (Å²) in [5, 5.41) is 10.8. The van der Waals surface area contributed by atoms with Gasteiger partial charge in [0.25, 0.3) is 5.56 Å². The second-order valence-corrected chi connectivity index (χ2v) is 6.87. The van der Waals surface area contributed by atoms with Gasteiger partial charge in [-0.05, 0) is 49.2 Å². The molecule has 0 unspecified atom stereocenters. The fourth-order valence-electron chi connectivity index (χ4n) is 3.08. The zero-order valence-electron chi connectivity index (χ0n) is 16.8. The standard InChI is InChI=1S/C21H20N6O3/c1-13-8-9-15(10-14(13)2)27-20-19(24-25-27)21(29)26(12-22-20)11-18(28)23-16-6-4-5-7-17(16)30-3/h4-10,12H,11H2,1-3H3,(H,23,28). The molecule has 0 saturated carbocycles. The number of hydrogen-bond donors (Lipinski definition) is 1. The number of para-hydroxylation sites is 2. The van der Waals surface area contributed by atoms with Crippen molar-refractivity contribution in [3.63, 3.8) is 0 Å². The third-order valence-corrected chi connectivity index (χ3v) is 4.86. The summed E-state index contributed by atoms with van der Waals surface area (Å²) in [6.45, 7) is 3.81. The molecule has 0 aliphatic carbocycles. The summed E-state index contributed by atoms with van der Waals surface area (Å²) in [5.41, 5.74) is 3.53. The number of hydrogen-bond acceptors (Lipinski definition) is 6. The highest BCUT2D eigenvalue weighted by Crippen LogP contribution is 2.23. The first-order valence-electron chi connectivity index (χ1n) is 9.29. The summed E-state index contributed by atoms with van der Waals surface area (Å²) in [6, 6.07) is 12.9. The highest BCUT2D eigenvalue weighted by Gasteiger charge is 2.15. The maximum absolute atomic E-state index is 12.8. The molecule has 0 aliphatic heterocycles. The first-order valence-corrected chi connectivity index (χ1v) is 9.29. The number of carbonyl (C=O) groups is 1. The molecule has 30 heavy (non-hydrogen) atoms. The van der Waals surface area contributed by atoms with Crippen LogP contribution in [0, 0.1) is 13.8 Å². The molecule has 9 nitrogen and oxygen atoms in total. The summed E-state index contributed by atoms with van der Waals surface area (Å²) in [5.74, 6) is 0.146. The number of carbonyl (C=O) groups excluding carboxylic acids is 1. The molecule has 1 N–H and O–H groups in total. The van der Waals surface area contributed by atoms with E-state index in [1.165, 1.54) is 22.7 Å². The van der Waals surface area contributed by atoms with Gasteiger partial charge in [0, 0.05) is 0 Å². The zero-order valence-corrected chi connectivity index (χ0v) is 16.8. The van der Waals surface area contributed by atoms with E-state index < -0.39 is 5.56 Å². The van der Waals surface area contributed by atoms with Crippen LogP contribution < -0.4 is 15.6 Å². The van der Waals surface area contributed by atoms with Crippen molar-refractivity contribution < 1.29 is 9.53 Å².